The van der Waals surface area contributed by atoms with Gasteiger partial charge in [0, 0.05) is 31.4 Å². The lowest BCUT2D eigenvalue weighted by atomic mass is 9.69. The van der Waals surface area contributed by atoms with Crippen molar-refractivity contribution < 1.29 is 32.6 Å². The molecule has 0 bridgehead atoms. The summed E-state index contributed by atoms with van der Waals surface area (Å²) in [5, 5.41) is 14.7. The van der Waals surface area contributed by atoms with E-state index >= 15 is 0 Å². The van der Waals surface area contributed by atoms with Gasteiger partial charge in [0.25, 0.3) is 0 Å². The maximum Gasteiger partial charge on any atom is 0.573 e. The van der Waals surface area contributed by atoms with E-state index in [2.05, 4.69) is 15.4 Å². The third-order valence-electron chi connectivity index (χ3n) is 7.77. The number of benzene rings is 2. The fourth-order valence-electron chi connectivity index (χ4n) is 5.82. The van der Waals surface area contributed by atoms with Crippen molar-refractivity contribution in [3.05, 3.63) is 59.7 Å². The van der Waals surface area contributed by atoms with Crippen LogP contribution >= 0.6 is 0 Å². The van der Waals surface area contributed by atoms with Crippen LogP contribution in [-0.4, -0.2) is 41.0 Å². The number of urea groups is 1. The number of halogens is 3. The second-order valence-corrected chi connectivity index (χ2v) is 10.5. The molecule has 3 unspecified atom stereocenters. The maximum atomic E-state index is 13.5. The number of carbonyl (C=O) groups is 2. The summed E-state index contributed by atoms with van der Waals surface area (Å²) in [6, 6.07) is 12.9. The molecule has 0 saturated heterocycles. The highest BCUT2D eigenvalue weighted by Gasteiger charge is 2.36. The van der Waals surface area contributed by atoms with Crippen molar-refractivity contribution in [2.75, 3.05) is 11.9 Å². The minimum Gasteiger partial charge on any atom is -0.481 e. The van der Waals surface area contributed by atoms with E-state index < -0.39 is 12.3 Å². The smallest absolute Gasteiger partial charge is 0.481 e. The van der Waals surface area contributed by atoms with Crippen LogP contribution in [0, 0.1) is 11.8 Å². The van der Waals surface area contributed by atoms with Gasteiger partial charge in [-0.05, 0) is 66.5 Å². The van der Waals surface area contributed by atoms with E-state index in [4.69, 9.17) is 5.11 Å². The summed E-state index contributed by atoms with van der Waals surface area (Å²) in [4.78, 5) is 26.1. The number of ether oxygens (including phenoxy) is 1. The van der Waals surface area contributed by atoms with Gasteiger partial charge in [-0.2, -0.15) is 0 Å². The van der Waals surface area contributed by atoms with Crippen LogP contribution in [0.25, 0.3) is 0 Å². The van der Waals surface area contributed by atoms with E-state index in [1.807, 2.05) is 29.2 Å². The van der Waals surface area contributed by atoms with Gasteiger partial charge in [0.2, 0.25) is 0 Å². The lowest BCUT2D eigenvalue weighted by Crippen LogP contribution is -2.46. The molecule has 39 heavy (non-hydrogen) atoms. The highest BCUT2D eigenvalue weighted by atomic mass is 19.4. The molecule has 3 N–H and O–H groups in total. The molecular formula is C29H36F3N3O4. The average Bonchev–Trinajstić information content (AvgIpc) is 2.90. The highest BCUT2D eigenvalue weighted by Crippen LogP contribution is 2.42. The number of amides is 2. The summed E-state index contributed by atoms with van der Waals surface area (Å²) < 4.78 is 41.4. The molecule has 2 aromatic carbocycles. The third-order valence-corrected chi connectivity index (χ3v) is 7.77. The Kier molecular flexibility index (Phi) is 9.72. The molecule has 2 aromatic rings. The number of rotatable bonds is 10. The van der Waals surface area contributed by atoms with Crippen LogP contribution < -0.4 is 15.4 Å². The second kappa shape index (κ2) is 13.2. The fraction of sp³-hybridized carbons (Fsp3) is 0.517. The molecule has 0 heterocycles. The zero-order valence-corrected chi connectivity index (χ0v) is 21.9. The van der Waals surface area contributed by atoms with Crippen LogP contribution in [0.4, 0.5) is 23.7 Å². The van der Waals surface area contributed by atoms with Gasteiger partial charge in [0.15, 0.2) is 0 Å². The van der Waals surface area contributed by atoms with E-state index in [0.717, 1.165) is 36.3 Å². The fourth-order valence-corrected chi connectivity index (χ4v) is 5.82. The van der Waals surface area contributed by atoms with Crippen molar-refractivity contribution in [1.29, 1.82) is 0 Å². The number of nitrogens with one attached hydrogen (secondary N) is 2. The van der Waals surface area contributed by atoms with Crippen LogP contribution in [0.5, 0.6) is 5.75 Å². The van der Waals surface area contributed by atoms with Crippen molar-refractivity contribution >= 4 is 17.7 Å². The number of carboxylic acids is 1. The largest absolute Gasteiger partial charge is 0.573 e. The highest BCUT2D eigenvalue weighted by molar-refractivity contribution is 5.89. The van der Waals surface area contributed by atoms with Crippen LogP contribution in [0.2, 0.25) is 0 Å². The number of anilines is 1. The number of hydrogen-bond acceptors (Lipinski definition) is 4. The summed E-state index contributed by atoms with van der Waals surface area (Å²) in [5.74, 6) is 0.162. The first-order valence-electron chi connectivity index (χ1n) is 13.6. The molecule has 4 rings (SSSR count). The number of alkyl halides is 3. The Bertz CT molecular complexity index is 1090. The molecule has 3 atom stereocenters. The Morgan fingerprint density at radius 1 is 0.923 bits per heavy atom. The van der Waals surface area contributed by atoms with Crippen molar-refractivity contribution in [2.24, 2.45) is 11.8 Å². The number of carboxylic acid groups (broad SMARTS) is 1. The van der Waals surface area contributed by atoms with Crippen molar-refractivity contribution in [2.45, 2.75) is 76.9 Å². The molecular weight excluding hydrogens is 511 g/mol. The van der Waals surface area contributed by atoms with Gasteiger partial charge in [-0.15, -0.1) is 13.2 Å². The lowest BCUT2D eigenvalue weighted by molar-refractivity contribution is -0.274. The summed E-state index contributed by atoms with van der Waals surface area (Å²) in [6.45, 7) is 1.35. The van der Waals surface area contributed by atoms with Gasteiger partial charge in [-0.3, -0.25) is 4.79 Å². The molecule has 2 fully saturated rings. The molecule has 2 saturated carbocycles. The van der Waals surface area contributed by atoms with Crippen LogP contribution in [0.1, 0.15) is 62.5 Å². The Hall–Kier alpha value is -3.27. The monoisotopic (exact) mass is 547 g/mol. The third kappa shape index (κ3) is 8.88. The molecule has 0 spiro atoms. The number of nitrogens with zero attached hydrogens (tertiary/aromatic N) is 1. The summed E-state index contributed by atoms with van der Waals surface area (Å²) in [5.41, 5.74) is 2.39. The Balaban J connectivity index is 1.43. The summed E-state index contributed by atoms with van der Waals surface area (Å²) in [7, 11) is 0. The van der Waals surface area contributed by atoms with Gasteiger partial charge in [-0.25, -0.2) is 4.79 Å². The second-order valence-electron chi connectivity index (χ2n) is 10.5. The predicted octanol–water partition coefficient (Wildman–Crippen LogP) is 6.54. The minimum atomic E-state index is -4.77. The van der Waals surface area contributed by atoms with Crippen LogP contribution in [0.15, 0.2) is 48.5 Å². The predicted molar refractivity (Wildman–Crippen MR) is 141 cm³/mol. The number of fused-ring (bicyclic) bond motifs is 1. The normalized spacial score (nSPS) is 21.1. The van der Waals surface area contributed by atoms with Crippen LogP contribution in [0.3, 0.4) is 0 Å². The molecule has 212 valence electrons. The minimum absolute atomic E-state index is 0.0590. The quantitative estimate of drug-likeness (QED) is 0.294. The van der Waals surface area contributed by atoms with E-state index in [1.54, 1.807) is 0 Å². The molecule has 0 radical (unpaired) electrons. The Morgan fingerprint density at radius 3 is 2.26 bits per heavy atom. The van der Waals surface area contributed by atoms with E-state index in [9.17, 15) is 22.8 Å². The summed E-state index contributed by atoms with van der Waals surface area (Å²) >= 11 is 0. The Labute approximate surface area is 226 Å². The zero-order chi connectivity index (χ0) is 27.8. The van der Waals surface area contributed by atoms with Crippen LogP contribution in [-0.2, 0) is 17.9 Å². The van der Waals surface area contributed by atoms with E-state index in [1.165, 1.54) is 49.9 Å². The zero-order valence-electron chi connectivity index (χ0n) is 21.9. The van der Waals surface area contributed by atoms with E-state index in [0.29, 0.717) is 31.2 Å². The molecule has 2 amide bonds. The molecule has 10 heteroatoms. The molecule has 2 aliphatic rings. The Morgan fingerprint density at radius 2 is 1.59 bits per heavy atom. The SMILES string of the molecule is O=C(O)CCNCc1ccc(CN(C(=O)Nc2ccc(OC(F)(F)F)cc2)C2CCC3CCCCC3C2)cc1. The topological polar surface area (TPSA) is 90.9 Å². The maximum absolute atomic E-state index is 13.5. The lowest BCUT2D eigenvalue weighted by Gasteiger charge is -2.43. The molecule has 0 aromatic heterocycles. The molecule has 7 nitrogen and oxygen atoms in total. The molecule has 0 aliphatic heterocycles. The first-order valence-corrected chi connectivity index (χ1v) is 13.6. The van der Waals surface area contributed by atoms with Crippen molar-refractivity contribution in [3.63, 3.8) is 0 Å². The number of carbonyl (C=O) groups excluding carboxylic acids is 1. The average molecular weight is 548 g/mol. The number of aliphatic carboxylic acids is 1. The van der Waals surface area contributed by atoms with Gasteiger partial charge in [0.1, 0.15) is 5.75 Å². The summed E-state index contributed by atoms with van der Waals surface area (Å²) in [6.07, 6.45) is 3.24. The standard InChI is InChI=1S/C29H36F3N3O4/c30-29(31,32)39-26-13-10-24(11-14-26)34-28(38)35(25-12-9-22-3-1-2-4-23(22)17-25)19-21-7-5-20(6-8-21)18-33-16-15-27(36)37/h5-8,10-11,13-14,22-23,25,33H,1-4,9,12,15-19H2,(H,34,38)(H,36,37). The van der Waals surface area contributed by atoms with Gasteiger partial charge < -0.3 is 25.4 Å². The van der Waals surface area contributed by atoms with Gasteiger partial charge in [0.05, 0.1) is 6.42 Å². The number of hydrogen-bond donors (Lipinski definition) is 3. The first-order chi connectivity index (χ1) is 18.7. The molecule has 2 aliphatic carbocycles. The van der Waals surface area contributed by atoms with E-state index in [-0.39, 0.29) is 24.2 Å². The van der Waals surface area contributed by atoms with Crippen molar-refractivity contribution in [1.82, 2.24) is 10.2 Å². The first kappa shape index (κ1) is 28.7. The van der Waals surface area contributed by atoms with Crippen molar-refractivity contribution in [3.8, 4) is 5.75 Å². The van der Waals surface area contributed by atoms with Gasteiger partial charge >= 0.3 is 18.4 Å². The van der Waals surface area contributed by atoms with Gasteiger partial charge in [-0.1, -0.05) is 49.9 Å².